The van der Waals surface area contributed by atoms with Crippen molar-refractivity contribution >= 4 is 5.69 Å². The van der Waals surface area contributed by atoms with E-state index in [1.165, 1.54) is 6.33 Å². The Morgan fingerprint density at radius 1 is 1.31 bits per heavy atom. The molecule has 0 aliphatic carbocycles. The molecule has 0 aliphatic rings. The zero-order valence-electron chi connectivity index (χ0n) is 7.15. The molecule has 0 saturated carbocycles. The SMILES string of the molecule is Cc1cnc(-c2ncncc2N)[nH]1. The van der Waals surface area contributed by atoms with Crippen LogP contribution < -0.4 is 5.73 Å². The van der Waals surface area contributed by atoms with Crippen LogP contribution in [0.4, 0.5) is 5.69 Å². The fraction of sp³-hybridized carbons (Fsp3) is 0.125. The van der Waals surface area contributed by atoms with Crippen LogP contribution in [0.5, 0.6) is 0 Å². The summed E-state index contributed by atoms with van der Waals surface area (Å²) in [5.41, 5.74) is 7.82. The minimum absolute atomic E-state index is 0.525. The van der Waals surface area contributed by atoms with Crippen molar-refractivity contribution in [1.82, 2.24) is 19.9 Å². The predicted octanol–water partition coefficient (Wildman–Crippen LogP) is 0.757. The van der Waals surface area contributed by atoms with Crippen LogP contribution >= 0.6 is 0 Å². The van der Waals surface area contributed by atoms with Crippen LogP contribution in [-0.4, -0.2) is 19.9 Å². The first kappa shape index (κ1) is 7.72. The van der Waals surface area contributed by atoms with E-state index < -0.39 is 0 Å². The second kappa shape index (κ2) is 2.85. The molecule has 2 aromatic heterocycles. The zero-order valence-corrected chi connectivity index (χ0v) is 7.15. The lowest BCUT2D eigenvalue weighted by Crippen LogP contribution is -1.95. The fourth-order valence-electron chi connectivity index (χ4n) is 1.07. The molecule has 5 heteroatoms. The number of aromatic nitrogens is 4. The summed E-state index contributed by atoms with van der Waals surface area (Å²) in [6.07, 6.45) is 4.74. The van der Waals surface area contributed by atoms with E-state index >= 15 is 0 Å². The van der Waals surface area contributed by atoms with Crippen molar-refractivity contribution in [3.05, 3.63) is 24.4 Å². The van der Waals surface area contributed by atoms with Gasteiger partial charge in [0.1, 0.15) is 12.0 Å². The number of rotatable bonds is 1. The molecule has 13 heavy (non-hydrogen) atoms. The first-order chi connectivity index (χ1) is 6.27. The Morgan fingerprint density at radius 2 is 2.15 bits per heavy atom. The number of nitrogens with zero attached hydrogens (tertiary/aromatic N) is 3. The Kier molecular flexibility index (Phi) is 1.70. The molecular weight excluding hydrogens is 166 g/mol. The summed E-state index contributed by atoms with van der Waals surface area (Å²) in [6, 6.07) is 0. The monoisotopic (exact) mass is 175 g/mol. The van der Waals surface area contributed by atoms with E-state index in [9.17, 15) is 0 Å². The first-order valence-electron chi connectivity index (χ1n) is 3.85. The normalized spacial score (nSPS) is 10.2. The van der Waals surface area contributed by atoms with Gasteiger partial charge in [0, 0.05) is 11.9 Å². The third kappa shape index (κ3) is 1.35. The number of nitrogen functional groups attached to an aromatic ring is 1. The summed E-state index contributed by atoms with van der Waals surface area (Å²) in [5.74, 6) is 0.678. The molecule has 0 radical (unpaired) electrons. The molecule has 0 aromatic carbocycles. The third-order valence-corrected chi connectivity index (χ3v) is 1.67. The van der Waals surface area contributed by atoms with Crippen molar-refractivity contribution in [3.8, 4) is 11.5 Å². The van der Waals surface area contributed by atoms with Crippen LogP contribution in [-0.2, 0) is 0 Å². The van der Waals surface area contributed by atoms with Gasteiger partial charge >= 0.3 is 0 Å². The average Bonchev–Trinajstić information content (AvgIpc) is 2.53. The van der Waals surface area contributed by atoms with Gasteiger partial charge in [0.2, 0.25) is 0 Å². The minimum atomic E-state index is 0.525. The van der Waals surface area contributed by atoms with E-state index in [0.717, 1.165) is 5.69 Å². The van der Waals surface area contributed by atoms with Gasteiger partial charge in [0.25, 0.3) is 0 Å². The van der Waals surface area contributed by atoms with Crippen LogP contribution in [0, 0.1) is 6.92 Å². The Hall–Kier alpha value is -1.91. The second-order valence-corrected chi connectivity index (χ2v) is 2.74. The lowest BCUT2D eigenvalue weighted by atomic mass is 10.3. The molecule has 0 unspecified atom stereocenters. The van der Waals surface area contributed by atoms with Gasteiger partial charge in [0.15, 0.2) is 5.82 Å². The van der Waals surface area contributed by atoms with Gasteiger partial charge in [-0.25, -0.2) is 15.0 Å². The highest BCUT2D eigenvalue weighted by molar-refractivity contribution is 5.65. The molecule has 66 valence electrons. The molecule has 2 rings (SSSR count). The number of aryl methyl sites for hydroxylation is 1. The maximum Gasteiger partial charge on any atom is 0.158 e. The Balaban J connectivity index is 2.52. The molecule has 0 amide bonds. The van der Waals surface area contributed by atoms with Crippen LogP contribution in [0.25, 0.3) is 11.5 Å². The summed E-state index contributed by atoms with van der Waals surface area (Å²) < 4.78 is 0. The first-order valence-corrected chi connectivity index (χ1v) is 3.85. The molecular formula is C8H9N5. The smallest absolute Gasteiger partial charge is 0.158 e. The summed E-state index contributed by atoms with van der Waals surface area (Å²) in [4.78, 5) is 15.0. The maximum absolute atomic E-state index is 5.68. The fourth-order valence-corrected chi connectivity index (χ4v) is 1.07. The van der Waals surface area contributed by atoms with Gasteiger partial charge in [0.05, 0.1) is 11.9 Å². The topological polar surface area (TPSA) is 80.5 Å². The number of nitrogens with two attached hydrogens (primary N) is 1. The number of aromatic amines is 1. The van der Waals surface area contributed by atoms with Crippen LogP contribution in [0.3, 0.4) is 0 Å². The van der Waals surface area contributed by atoms with Crippen molar-refractivity contribution in [3.63, 3.8) is 0 Å². The highest BCUT2D eigenvalue weighted by Crippen LogP contribution is 2.17. The molecule has 0 fully saturated rings. The Labute approximate surface area is 75.1 Å². The van der Waals surface area contributed by atoms with E-state index in [-0.39, 0.29) is 0 Å². The number of anilines is 1. The van der Waals surface area contributed by atoms with Gasteiger partial charge in [-0.05, 0) is 6.92 Å². The summed E-state index contributed by atoms with van der Waals surface area (Å²) >= 11 is 0. The van der Waals surface area contributed by atoms with E-state index in [1.807, 2.05) is 6.92 Å². The van der Waals surface area contributed by atoms with Crippen LogP contribution in [0.2, 0.25) is 0 Å². The van der Waals surface area contributed by atoms with Crippen molar-refractivity contribution in [2.45, 2.75) is 6.92 Å². The largest absolute Gasteiger partial charge is 0.396 e. The molecule has 0 spiro atoms. The van der Waals surface area contributed by atoms with E-state index in [1.54, 1.807) is 12.4 Å². The summed E-state index contributed by atoms with van der Waals surface area (Å²) in [5, 5.41) is 0. The molecule has 2 aromatic rings. The standard InChI is InChI=1S/C8H9N5/c1-5-2-11-8(13-5)7-6(9)3-10-4-12-7/h2-4H,9H2,1H3,(H,11,13). The number of imidazole rings is 1. The summed E-state index contributed by atoms with van der Waals surface area (Å²) in [7, 11) is 0. The quantitative estimate of drug-likeness (QED) is 0.670. The van der Waals surface area contributed by atoms with Gasteiger partial charge in [-0.2, -0.15) is 0 Å². The predicted molar refractivity (Wildman–Crippen MR) is 48.8 cm³/mol. The molecule has 3 N–H and O–H groups in total. The third-order valence-electron chi connectivity index (χ3n) is 1.67. The molecule has 0 atom stereocenters. The number of hydrogen-bond donors (Lipinski definition) is 2. The van der Waals surface area contributed by atoms with Crippen molar-refractivity contribution < 1.29 is 0 Å². The highest BCUT2D eigenvalue weighted by Gasteiger charge is 2.06. The van der Waals surface area contributed by atoms with Gasteiger partial charge in [-0.1, -0.05) is 0 Å². The summed E-state index contributed by atoms with van der Waals surface area (Å²) in [6.45, 7) is 1.92. The number of nitrogens with one attached hydrogen (secondary N) is 1. The second-order valence-electron chi connectivity index (χ2n) is 2.74. The molecule has 5 nitrogen and oxygen atoms in total. The van der Waals surface area contributed by atoms with Gasteiger partial charge < -0.3 is 10.7 Å². The van der Waals surface area contributed by atoms with Gasteiger partial charge in [-0.15, -0.1) is 0 Å². The van der Waals surface area contributed by atoms with E-state index in [2.05, 4.69) is 19.9 Å². The van der Waals surface area contributed by atoms with Crippen LogP contribution in [0.1, 0.15) is 5.69 Å². The Bertz CT molecular complexity index is 420. The lowest BCUT2D eigenvalue weighted by Gasteiger charge is -1.98. The number of hydrogen-bond acceptors (Lipinski definition) is 4. The molecule has 0 saturated heterocycles. The highest BCUT2D eigenvalue weighted by atomic mass is 15.0. The molecule has 2 heterocycles. The van der Waals surface area contributed by atoms with Crippen LogP contribution in [0.15, 0.2) is 18.7 Å². The molecule has 0 bridgehead atoms. The Morgan fingerprint density at radius 3 is 2.77 bits per heavy atom. The maximum atomic E-state index is 5.68. The minimum Gasteiger partial charge on any atom is -0.396 e. The number of H-pyrrole nitrogens is 1. The zero-order chi connectivity index (χ0) is 9.26. The van der Waals surface area contributed by atoms with Crippen molar-refractivity contribution in [2.24, 2.45) is 0 Å². The molecule has 0 aliphatic heterocycles. The van der Waals surface area contributed by atoms with E-state index in [0.29, 0.717) is 17.2 Å². The lowest BCUT2D eigenvalue weighted by molar-refractivity contribution is 1.14. The average molecular weight is 175 g/mol. The van der Waals surface area contributed by atoms with E-state index in [4.69, 9.17) is 5.73 Å². The van der Waals surface area contributed by atoms with Gasteiger partial charge in [-0.3, -0.25) is 0 Å². The van der Waals surface area contributed by atoms with Crippen molar-refractivity contribution in [2.75, 3.05) is 5.73 Å². The van der Waals surface area contributed by atoms with Crippen molar-refractivity contribution in [1.29, 1.82) is 0 Å².